The van der Waals surface area contributed by atoms with Crippen molar-refractivity contribution in [2.75, 3.05) is 12.8 Å². The third kappa shape index (κ3) is 1.95. The molecule has 3 nitrogen and oxygen atoms in total. The molecule has 0 aromatic carbocycles. The first-order valence-electron chi connectivity index (χ1n) is 2.43. The molecule has 0 aliphatic carbocycles. The van der Waals surface area contributed by atoms with E-state index < -0.39 is 13.2 Å². The fourth-order valence-corrected chi connectivity index (χ4v) is 0.490. The lowest BCUT2D eigenvalue weighted by Gasteiger charge is -2.10. The fourth-order valence-electron chi connectivity index (χ4n) is 0.163. The zero-order valence-corrected chi connectivity index (χ0v) is 5.93. The molecule has 0 saturated heterocycles. The van der Waals surface area contributed by atoms with Crippen LogP contribution in [0.5, 0.6) is 0 Å². The van der Waals surface area contributed by atoms with Gasteiger partial charge in [0.25, 0.3) is 0 Å². The normalized spacial score (nSPS) is 18.6. The molecule has 0 bridgehead atoms. The van der Waals surface area contributed by atoms with Gasteiger partial charge in [-0.25, -0.2) is 0 Å². The minimum atomic E-state index is -2.63. The van der Waals surface area contributed by atoms with Crippen LogP contribution < -0.4 is 0 Å². The Labute approximate surface area is 48.7 Å². The number of rotatable bonds is 2. The van der Waals surface area contributed by atoms with Crippen LogP contribution in [0.1, 0.15) is 6.92 Å². The van der Waals surface area contributed by atoms with Crippen molar-refractivity contribution in [1.29, 1.82) is 0 Å². The highest BCUT2D eigenvalue weighted by molar-refractivity contribution is 7.63. The molecular weight excluding hydrogens is 127 g/mol. The topological polar surface area (TPSA) is 57.5 Å². The first-order valence-corrected chi connectivity index (χ1v) is 4.84. The van der Waals surface area contributed by atoms with Crippen molar-refractivity contribution >= 4 is 7.14 Å². The summed E-state index contributed by atoms with van der Waals surface area (Å²) in [6.07, 6.45) is 0.338. The standard InChI is InChI=1S/C4H11O3P/c1-3-8(2,7)4(5)6/h4-6H,3H2,1-2H3. The van der Waals surface area contributed by atoms with Crippen LogP contribution in [0.4, 0.5) is 0 Å². The zero-order chi connectivity index (χ0) is 6.78. The van der Waals surface area contributed by atoms with Crippen LogP contribution in [0.3, 0.4) is 0 Å². The Balaban J connectivity index is 3.93. The Hall–Kier alpha value is 0.150. The summed E-state index contributed by atoms with van der Waals surface area (Å²) < 4.78 is 10.8. The fraction of sp³-hybridized carbons (Fsp3) is 1.00. The van der Waals surface area contributed by atoms with E-state index in [9.17, 15) is 4.57 Å². The average molecular weight is 138 g/mol. The quantitative estimate of drug-likeness (QED) is 0.425. The lowest BCUT2D eigenvalue weighted by Crippen LogP contribution is -2.05. The molecule has 0 amide bonds. The lowest BCUT2D eigenvalue weighted by molar-refractivity contribution is 0.0293. The number of hydrogen-bond acceptors (Lipinski definition) is 3. The minimum absolute atomic E-state index is 0.338. The van der Waals surface area contributed by atoms with E-state index in [-0.39, 0.29) is 0 Å². The molecular formula is C4H11O3P. The van der Waals surface area contributed by atoms with E-state index in [4.69, 9.17) is 10.2 Å². The maximum Gasteiger partial charge on any atom is 0.205 e. The summed E-state index contributed by atoms with van der Waals surface area (Å²) in [7, 11) is -2.63. The SMILES string of the molecule is CCP(C)(=O)C(O)O. The first kappa shape index (κ1) is 8.15. The third-order valence-electron chi connectivity index (χ3n) is 1.12. The molecule has 0 aliphatic rings. The Kier molecular flexibility index (Phi) is 2.67. The van der Waals surface area contributed by atoms with Gasteiger partial charge >= 0.3 is 0 Å². The second-order valence-electron chi connectivity index (χ2n) is 1.84. The van der Waals surface area contributed by atoms with Gasteiger partial charge in [-0.1, -0.05) is 6.92 Å². The molecule has 0 spiro atoms. The summed E-state index contributed by atoms with van der Waals surface area (Å²) in [6.45, 7) is 3.04. The predicted octanol–water partition coefficient (Wildman–Crippen LogP) is 0.267. The molecule has 0 aromatic rings. The van der Waals surface area contributed by atoms with E-state index in [1.165, 1.54) is 6.66 Å². The smallest absolute Gasteiger partial charge is 0.205 e. The predicted molar refractivity (Wildman–Crippen MR) is 32.3 cm³/mol. The largest absolute Gasteiger partial charge is 0.362 e. The molecule has 0 heterocycles. The van der Waals surface area contributed by atoms with Crippen molar-refractivity contribution in [2.45, 2.75) is 13.0 Å². The Bertz CT molecular complexity index is 110. The Morgan fingerprint density at radius 3 is 2.00 bits per heavy atom. The molecule has 1 unspecified atom stereocenters. The van der Waals surface area contributed by atoms with E-state index in [2.05, 4.69) is 0 Å². The monoisotopic (exact) mass is 138 g/mol. The van der Waals surface area contributed by atoms with Crippen LogP contribution in [0.15, 0.2) is 0 Å². The lowest BCUT2D eigenvalue weighted by atomic mass is 11.0. The number of hydrogen-bond donors (Lipinski definition) is 2. The highest BCUT2D eigenvalue weighted by Crippen LogP contribution is 2.43. The van der Waals surface area contributed by atoms with Gasteiger partial charge in [0.05, 0.1) is 0 Å². The van der Waals surface area contributed by atoms with Gasteiger partial charge in [-0.3, -0.25) is 0 Å². The van der Waals surface area contributed by atoms with Gasteiger partial charge in [0, 0.05) is 6.16 Å². The molecule has 0 rings (SSSR count). The van der Waals surface area contributed by atoms with Gasteiger partial charge in [-0.2, -0.15) is 0 Å². The zero-order valence-electron chi connectivity index (χ0n) is 5.03. The van der Waals surface area contributed by atoms with E-state index in [0.717, 1.165) is 0 Å². The van der Waals surface area contributed by atoms with Crippen LogP contribution in [0.25, 0.3) is 0 Å². The molecule has 0 fully saturated rings. The van der Waals surface area contributed by atoms with Crippen LogP contribution in [-0.2, 0) is 4.57 Å². The summed E-state index contributed by atoms with van der Waals surface area (Å²) in [5.74, 6) is 0. The van der Waals surface area contributed by atoms with Crippen molar-refractivity contribution in [3.8, 4) is 0 Å². The van der Waals surface area contributed by atoms with Crippen molar-refractivity contribution in [2.24, 2.45) is 0 Å². The van der Waals surface area contributed by atoms with Gasteiger partial charge in [0.15, 0.2) is 0 Å². The maximum absolute atomic E-state index is 10.8. The summed E-state index contributed by atoms with van der Waals surface area (Å²) in [5.41, 5.74) is 0. The van der Waals surface area contributed by atoms with Crippen LogP contribution in [0.2, 0.25) is 0 Å². The van der Waals surface area contributed by atoms with Gasteiger partial charge in [0.1, 0.15) is 7.14 Å². The first-order chi connectivity index (χ1) is 3.50. The Morgan fingerprint density at radius 1 is 1.62 bits per heavy atom. The van der Waals surface area contributed by atoms with Gasteiger partial charge in [0.2, 0.25) is 6.03 Å². The highest BCUT2D eigenvalue weighted by Gasteiger charge is 2.20. The molecule has 0 aromatic heterocycles. The van der Waals surface area contributed by atoms with Crippen molar-refractivity contribution in [3.63, 3.8) is 0 Å². The van der Waals surface area contributed by atoms with Crippen LogP contribution >= 0.6 is 7.14 Å². The molecule has 1 atom stereocenters. The van der Waals surface area contributed by atoms with Crippen molar-refractivity contribution in [1.82, 2.24) is 0 Å². The van der Waals surface area contributed by atoms with E-state index in [1.807, 2.05) is 0 Å². The second kappa shape index (κ2) is 2.62. The molecule has 4 heteroatoms. The molecule has 50 valence electrons. The summed E-state index contributed by atoms with van der Waals surface area (Å²) in [6, 6.07) is -1.63. The van der Waals surface area contributed by atoms with E-state index >= 15 is 0 Å². The summed E-state index contributed by atoms with van der Waals surface area (Å²) >= 11 is 0. The van der Waals surface area contributed by atoms with Crippen molar-refractivity contribution < 1.29 is 14.8 Å². The minimum Gasteiger partial charge on any atom is -0.362 e. The van der Waals surface area contributed by atoms with E-state index in [0.29, 0.717) is 6.16 Å². The third-order valence-corrected chi connectivity index (χ3v) is 3.35. The van der Waals surface area contributed by atoms with Gasteiger partial charge in [-0.15, -0.1) is 0 Å². The van der Waals surface area contributed by atoms with Crippen molar-refractivity contribution in [3.05, 3.63) is 0 Å². The van der Waals surface area contributed by atoms with Crippen LogP contribution in [-0.4, -0.2) is 29.1 Å². The van der Waals surface area contributed by atoms with Gasteiger partial charge in [-0.05, 0) is 6.66 Å². The number of aliphatic hydroxyl groups excluding tert-OH is 1. The molecule has 0 saturated carbocycles. The maximum atomic E-state index is 10.8. The van der Waals surface area contributed by atoms with E-state index in [1.54, 1.807) is 6.92 Å². The number of aliphatic hydroxyl groups is 2. The van der Waals surface area contributed by atoms with Gasteiger partial charge < -0.3 is 14.8 Å². The average Bonchev–Trinajstić information content (AvgIpc) is 1.67. The molecule has 2 N–H and O–H groups in total. The second-order valence-corrected chi connectivity index (χ2v) is 5.28. The molecule has 0 radical (unpaired) electrons. The highest BCUT2D eigenvalue weighted by atomic mass is 31.2. The molecule has 8 heavy (non-hydrogen) atoms. The Morgan fingerprint density at radius 2 is 2.00 bits per heavy atom. The summed E-state index contributed by atoms with van der Waals surface area (Å²) in [4.78, 5) is 0. The summed E-state index contributed by atoms with van der Waals surface area (Å²) in [5, 5.41) is 16.7. The molecule has 0 aliphatic heterocycles. The van der Waals surface area contributed by atoms with Crippen LogP contribution in [0, 0.1) is 0 Å².